The number of halogens is 1. The molecule has 1 atom stereocenters. The van der Waals surface area contributed by atoms with E-state index in [0.29, 0.717) is 0 Å². The van der Waals surface area contributed by atoms with Gasteiger partial charge in [-0.3, -0.25) is 4.79 Å². The molecule has 1 saturated heterocycles. The van der Waals surface area contributed by atoms with Gasteiger partial charge in [-0.2, -0.15) is 0 Å². The third-order valence-electron chi connectivity index (χ3n) is 1.72. The minimum absolute atomic E-state index is 0.245. The molecule has 9 heavy (non-hydrogen) atoms. The van der Waals surface area contributed by atoms with E-state index in [1.165, 1.54) is 0 Å². The molecule has 2 nitrogen and oxygen atoms in total. The second kappa shape index (κ2) is 2.69. The zero-order chi connectivity index (χ0) is 6.85. The number of nitrogens with zero attached hydrogens (tertiary/aromatic N) is 1. The molecule has 1 rings (SSSR count). The lowest BCUT2D eigenvalue weighted by molar-refractivity contribution is -0.129. The van der Waals surface area contributed by atoms with Gasteiger partial charge in [0.15, 0.2) is 0 Å². The fraction of sp³-hybridized carbons (Fsp3) is 0.833. The summed E-state index contributed by atoms with van der Waals surface area (Å²) in [6.45, 7) is 0.926. The van der Waals surface area contributed by atoms with Gasteiger partial charge in [-0.25, -0.2) is 0 Å². The van der Waals surface area contributed by atoms with Gasteiger partial charge in [-0.1, -0.05) is 15.9 Å². The summed E-state index contributed by atoms with van der Waals surface area (Å²) in [7, 11) is 1.85. The molecule has 52 valence electrons. The highest BCUT2D eigenvalue weighted by atomic mass is 79.9. The van der Waals surface area contributed by atoms with Crippen molar-refractivity contribution < 1.29 is 4.79 Å². The van der Waals surface area contributed by atoms with Gasteiger partial charge in [0, 0.05) is 24.8 Å². The minimum atomic E-state index is 0.245. The smallest absolute Gasteiger partial charge is 0.226 e. The number of alkyl halides is 1. The molecule has 0 N–H and O–H groups in total. The summed E-state index contributed by atoms with van der Waals surface area (Å²) >= 11 is 3.30. The molecular weight excluding hydrogens is 182 g/mol. The molecule has 0 saturated carbocycles. The van der Waals surface area contributed by atoms with Crippen LogP contribution >= 0.6 is 15.9 Å². The van der Waals surface area contributed by atoms with Crippen molar-refractivity contribution in [2.45, 2.75) is 6.42 Å². The van der Waals surface area contributed by atoms with Gasteiger partial charge in [-0.15, -0.1) is 0 Å². The Morgan fingerprint density at radius 3 is 2.78 bits per heavy atom. The topological polar surface area (TPSA) is 20.3 Å². The molecule has 3 heteroatoms. The number of likely N-dealkylation sites (tertiary alicyclic amines) is 1. The van der Waals surface area contributed by atoms with E-state index in [-0.39, 0.29) is 11.8 Å². The van der Waals surface area contributed by atoms with Crippen LogP contribution in [0.25, 0.3) is 0 Å². The van der Waals surface area contributed by atoms with Crippen molar-refractivity contribution in [1.82, 2.24) is 4.90 Å². The normalized spacial score (nSPS) is 27.6. The van der Waals surface area contributed by atoms with Crippen molar-refractivity contribution in [3.05, 3.63) is 0 Å². The van der Waals surface area contributed by atoms with Crippen LogP contribution in [0.2, 0.25) is 0 Å². The maximum absolute atomic E-state index is 11.0. The molecule has 1 amide bonds. The predicted molar refractivity (Wildman–Crippen MR) is 39.5 cm³/mol. The molecule has 0 spiro atoms. The van der Waals surface area contributed by atoms with Crippen molar-refractivity contribution in [2.75, 3.05) is 18.9 Å². The predicted octanol–water partition coefficient (Wildman–Crippen LogP) is 0.860. The Kier molecular flexibility index (Phi) is 2.11. The van der Waals surface area contributed by atoms with Crippen LogP contribution < -0.4 is 0 Å². The number of carbonyl (C=O) groups excluding carboxylic acids is 1. The van der Waals surface area contributed by atoms with Crippen LogP contribution in [-0.2, 0) is 4.79 Å². The Hall–Kier alpha value is -0.0500. The lowest BCUT2D eigenvalue weighted by Gasteiger charge is -2.06. The Bertz CT molecular complexity index is 126. The standard InChI is InChI=1S/C6H10BrNO/c1-8-3-2-5(4-7)6(8)9/h5H,2-4H2,1H3. The summed E-state index contributed by atoms with van der Waals surface area (Å²) in [6.07, 6.45) is 1.01. The molecule has 0 aliphatic carbocycles. The zero-order valence-corrected chi connectivity index (χ0v) is 7.02. The van der Waals surface area contributed by atoms with Crippen molar-refractivity contribution >= 4 is 21.8 Å². The summed E-state index contributed by atoms with van der Waals surface area (Å²) in [5.41, 5.74) is 0. The first-order valence-electron chi connectivity index (χ1n) is 3.06. The third kappa shape index (κ3) is 1.26. The van der Waals surface area contributed by atoms with Crippen LogP contribution in [0.15, 0.2) is 0 Å². The first-order chi connectivity index (χ1) is 4.25. The number of rotatable bonds is 1. The maximum Gasteiger partial charge on any atom is 0.226 e. The Morgan fingerprint density at radius 2 is 2.56 bits per heavy atom. The number of amides is 1. The molecule has 1 aliphatic rings. The van der Waals surface area contributed by atoms with Gasteiger partial charge in [0.1, 0.15) is 0 Å². The minimum Gasteiger partial charge on any atom is -0.345 e. The lowest BCUT2D eigenvalue weighted by Crippen LogP contribution is -2.22. The second-order valence-corrected chi connectivity index (χ2v) is 3.05. The molecule has 1 heterocycles. The van der Waals surface area contributed by atoms with Gasteiger partial charge >= 0.3 is 0 Å². The van der Waals surface area contributed by atoms with Gasteiger partial charge in [0.25, 0.3) is 0 Å². The first-order valence-corrected chi connectivity index (χ1v) is 4.19. The van der Waals surface area contributed by atoms with E-state index in [0.717, 1.165) is 18.3 Å². The van der Waals surface area contributed by atoms with Crippen molar-refractivity contribution in [3.8, 4) is 0 Å². The SMILES string of the molecule is CN1CCC(CBr)C1=O. The maximum atomic E-state index is 11.0. The highest BCUT2D eigenvalue weighted by molar-refractivity contribution is 9.09. The largest absolute Gasteiger partial charge is 0.345 e. The average Bonchev–Trinajstić information content (AvgIpc) is 2.15. The van der Waals surface area contributed by atoms with Crippen LogP contribution in [0, 0.1) is 5.92 Å². The van der Waals surface area contributed by atoms with Crippen LogP contribution in [0.4, 0.5) is 0 Å². The van der Waals surface area contributed by atoms with Crippen LogP contribution in [-0.4, -0.2) is 29.7 Å². The summed E-state index contributed by atoms with van der Waals surface area (Å²) in [6, 6.07) is 0. The summed E-state index contributed by atoms with van der Waals surface area (Å²) in [5.74, 6) is 0.530. The number of hydrogen-bond acceptors (Lipinski definition) is 1. The molecule has 1 aliphatic heterocycles. The zero-order valence-electron chi connectivity index (χ0n) is 5.43. The fourth-order valence-electron chi connectivity index (χ4n) is 1.04. The van der Waals surface area contributed by atoms with Crippen LogP contribution in [0.5, 0.6) is 0 Å². The molecule has 0 radical (unpaired) electrons. The van der Waals surface area contributed by atoms with Gasteiger partial charge in [0.05, 0.1) is 0 Å². The second-order valence-electron chi connectivity index (χ2n) is 2.40. The van der Waals surface area contributed by atoms with Crippen LogP contribution in [0.1, 0.15) is 6.42 Å². The summed E-state index contributed by atoms with van der Waals surface area (Å²) in [4.78, 5) is 12.8. The molecule has 1 unspecified atom stereocenters. The van der Waals surface area contributed by atoms with Gasteiger partial charge < -0.3 is 4.90 Å². The lowest BCUT2D eigenvalue weighted by atomic mass is 10.1. The van der Waals surface area contributed by atoms with E-state index in [4.69, 9.17) is 0 Å². The third-order valence-corrected chi connectivity index (χ3v) is 2.51. The molecule has 0 aromatic carbocycles. The van der Waals surface area contributed by atoms with E-state index in [9.17, 15) is 4.79 Å². The molecule has 0 aromatic rings. The van der Waals surface area contributed by atoms with E-state index in [1.54, 1.807) is 4.90 Å². The fourth-order valence-corrected chi connectivity index (χ4v) is 1.64. The summed E-state index contributed by atoms with van der Waals surface area (Å²) < 4.78 is 0. The van der Waals surface area contributed by atoms with Gasteiger partial charge in [-0.05, 0) is 6.42 Å². The van der Waals surface area contributed by atoms with Crippen LogP contribution in [0.3, 0.4) is 0 Å². The number of hydrogen-bond donors (Lipinski definition) is 0. The molecule has 0 bridgehead atoms. The Balaban J connectivity index is 2.51. The van der Waals surface area contributed by atoms with Crippen molar-refractivity contribution in [2.24, 2.45) is 5.92 Å². The van der Waals surface area contributed by atoms with E-state index in [1.807, 2.05) is 7.05 Å². The monoisotopic (exact) mass is 191 g/mol. The Morgan fingerprint density at radius 1 is 1.89 bits per heavy atom. The molecular formula is C6H10BrNO. The van der Waals surface area contributed by atoms with Crippen molar-refractivity contribution in [3.63, 3.8) is 0 Å². The Labute approximate surface area is 63.3 Å². The average molecular weight is 192 g/mol. The van der Waals surface area contributed by atoms with Gasteiger partial charge in [0.2, 0.25) is 5.91 Å². The molecule has 0 aromatic heterocycles. The van der Waals surface area contributed by atoms with E-state index < -0.39 is 0 Å². The highest BCUT2D eigenvalue weighted by Gasteiger charge is 2.27. The summed E-state index contributed by atoms with van der Waals surface area (Å²) in [5, 5.41) is 0.816. The number of carbonyl (C=O) groups is 1. The molecule has 1 fully saturated rings. The van der Waals surface area contributed by atoms with E-state index >= 15 is 0 Å². The van der Waals surface area contributed by atoms with Crippen molar-refractivity contribution in [1.29, 1.82) is 0 Å². The highest BCUT2D eigenvalue weighted by Crippen LogP contribution is 2.17. The quantitative estimate of drug-likeness (QED) is 0.564. The van der Waals surface area contributed by atoms with E-state index in [2.05, 4.69) is 15.9 Å². The first kappa shape index (κ1) is 7.06.